The Morgan fingerprint density at radius 2 is 2.29 bits per heavy atom. The van der Waals surface area contributed by atoms with Crippen LogP contribution in [0.5, 0.6) is 0 Å². The van der Waals surface area contributed by atoms with Gasteiger partial charge < -0.3 is 10.2 Å². The van der Waals surface area contributed by atoms with Crippen LogP contribution in [0.15, 0.2) is 18.5 Å². The molecular weight excluding hydrogens is 198 g/mol. The topological polar surface area (TPSA) is 53.4 Å². The highest BCUT2D eigenvalue weighted by molar-refractivity contribution is 7.19. The number of aliphatic hydroxyl groups is 2. The quantitative estimate of drug-likeness (QED) is 0.790. The third-order valence-electron chi connectivity index (χ3n) is 2.17. The summed E-state index contributed by atoms with van der Waals surface area (Å²) in [7, 11) is 0. The summed E-state index contributed by atoms with van der Waals surface area (Å²) in [4.78, 5) is 4.87. The zero-order chi connectivity index (χ0) is 10.1. The molecule has 4 heteroatoms. The first kappa shape index (κ1) is 9.58. The summed E-state index contributed by atoms with van der Waals surface area (Å²) in [5.41, 5.74) is 1.09. The van der Waals surface area contributed by atoms with Crippen molar-refractivity contribution in [2.24, 2.45) is 0 Å². The van der Waals surface area contributed by atoms with Gasteiger partial charge in [-0.25, -0.2) is 0 Å². The first-order chi connectivity index (χ1) is 6.72. The highest BCUT2D eigenvalue weighted by Crippen LogP contribution is 2.30. The summed E-state index contributed by atoms with van der Waals surface area (Å²) in [6.07, 6.45) is 2.80. The van der Waals surface area contributed by atoms with Crippen molar-refractivity contribution in [3.63, 3.8) is 0 Å². The van der Waals surface area contributed by atoms with E-state index in [1.165, 1.54) is 11.3 Å². The van der Waals surface area contributed by atoms with Crippen LogP contribution in [0.4, 0.5) is 0 Å². The van der Waals surface area contributed by atoms with Crippen molar-refractivity contribution in [1.29, 1.82) is 0 Å². The van der Waals surface area contributed by atoms with E-state index in [0.717, 1.165) is 20.5 Å². The molecular formula is C10H11NO2S. The van der Waals surface area contributed by atoms with E-state index in [-0.39, 0.29) is 6.61 Å². The van der Waals surface area contributed by atoms with Crippen molar-refractivity contribution in [2.45, 2.75) is 13.0 Å². The molecule has 0 saturated heterocycles. The second kappa shape index (κ2) is 3.65. The molecule has 0 spiro atoms. The molecule has 2 rings (SSSR count). The van der Waals surface area contributed by atoms with E-state index in [0.29, 0.717) is 0 Å². The molecule has 1 atom stereocenters. The maximum atomic E-state index is 9.46. The van der Waals surface area contributed by atoms with E-state index in [2.05, 4.69) is 4.98 Å². The average molecular weight is 209 g/mol. The molecule has 0 aromatic carbocycles. The van der Waals surface area contributed by atoms with E-state index in [1.54, 1.807) is 12.4 Å². The Morgan fingerprint density at radius 1 is 1.50 bits per heavy atom. The lowest BCUT2D eigenvalue weighted by Gasteiger charge is -2.00. The first-order valence-electron chi connectivity index (χ1n) is 4.35. The summed E-state index contributed by atoms with van der Waals surface area (Å²) in [5, 5.41) is 19.4. The Hall–Kier alpha value is -0.970. The van der Waals surface area contributed by atoms with Crippen LogP contribution in [-0.4, -0.2) is 21.8 Å². The normalized spacial score (nSPS) is 13.4. The molecule has 74 valence electrons. The lowest BCUT2D eigenvalue weighted by molar-refractivity contribution is 0.0984. The van der Waals surface area contributed by atoms with Crippen molar-refractivity contribution in [2.75, 3.05) is 6.61 Å². The van der Waals surface area contributed by atoms with Gasteiger partial charge in [0, 0.05) is 17.3 Å². The van der Waals surface area contributed by atoms with Crippen molar-refractivity contribution in [3.8, 4) is 0 Å². The van der Waals surface area contributed by atoms with E-state index < -0.39 is 6.10 Å². The van der Waals surface area contributed by atoms with Crippen molar-refractivity contribution < 1.29 is 10.2 Å². The van der Waals surface area contributed by atoms with Gasteiger partial charge in [0.1, 0.15) is 6.10 Å². The Balaban J connectivity index is 2.56. The minimum Gasteiger partial charge on any atom is -0.393 e. The van der Waals surface area contributed by atoms with Gasteiger partial charge in [-0.15, -0.1) is 11.3 Å². The van der Waals surface area contributed by atoms with Crippen LogP contribution in [0.2, 0.25) is 0 Å². The van der Waals surface area contributed by atoms with E-state index in [4.69, 9.17) is 5.11 Å². The Bertz CT molecular complexity index is 452. The van der Waals surface area contributed by atoms with Gasteiger partial charge in [-0.3, -0.25) is 4.98 Å². The van der Waals surface area contributed by atoms with Crippen molar-refractivity contribution in [1.82, 2.24) is 4.98 Å². The van der Waals surface area contributed by atoms with Gasteiger partial charge in [-0.1, -0.05) is 0 Å². The Morgan fingerprint density at radius 3 is 2.93 bits per heavy atom. The zero-order valence-electron chi connectivity index (χ0n) is 7.77. The SMILES string of the molecule is Cc1cncc2sc(C(O)CO)cc12. The monoisotopic (exact) mass is 209 g/mol. The molecule has 3 nitrogen and oxygen atoms in total. The van der Waals surface area contributed by atoms with E-state index in [9.17, 15) is 5.11 Å². The molecule has 2 N–H and O–H groups in total. The van der Waals surface area contributed by atoms with Crippen LogP contribution >= 0.6 is 11.3 Å². The summed E-state index contributed by atoms with van der Waals surface area (Å²) in [5.74, 6) is 0. The summed E-state index contributed by atoms with van der Waals surface area (Å²) < 4.78 is 1.05. The fraction of sp³-hybridized carbons (Fsp3) is 0.300. The first-order valence-corrected chi connectivity index (χ1v) is 5.17. The lowest BCUT2D eigenvalue weighted by atomic mass is 10.2. The second-order valence-corrected chi connectivity index (χ2v) is 4.33. The van der Waals surface area contributed by atoms with Gasteiger partial charge in [-0.2, -0.15) is 0 Å². The predicted octanol–water partition coefficient (Wildman–Crippen LogP) is 1.63. The maximum absolute atomic E-state index is 9.46. The number of hydrogen-bond acceptors (Lipinski definition) is 4. The van der Waals surface area contributed by atoms with E-state index >= 15 is 0 Å². The highest BCUT2D eigenvalue weighted by Gasteiger charge is 2.10. The van der Waals surface area contributed by atoms with Gasteiger partial charge in [0.2, 0.25) is 0 Å². The van der Waals surface area contributed by atoms with E-state index in [1.807, 2.05) is 13.0 Å². The third-order valence-corrected chi connectivity index (χ3v) is 3.34. The van der Waals surface area contributed by atoms with Crippen LogP contribution in [0.1, 0.15) is 16.5 Å². The Labute approximate surface area is 85.7 Å². The molecule has 2 heterocycles. The average Bonchev–Trinajstić information content (AvgIpc) is 2.62. The predicted molar refractivity (Wildman–Crippen MR) is 56.4 cm³/mol. The molecule has 2 aromatic rings. The number of aliphatic hydroxyl groups excluding tert-OH is 2. The third kappa shape index (κ3) is 1.52. The molecule has 14 heavy (non-hydrogen) atoms. The number of nitrogens with zero attached hydrogens (tertiary/aromatic N) is 1. The number of hydrogen-bond donors (Lipinski definition) is 2. The molecule has 0 fully saturated rings. The Kier molecular flexibility index (Phi) is 2.50. The fourth-order valence-corrected chi connectivity index (χ4v) is 2.45. The van der Waals surface area contributed by atoms with Crippen LogP contribution in [0.25, 0.3) is 10.1 Å². The molecule has 0 radical (unpaired) electrons. The minimum absolute atomic E-state index is 0.237. The molecule has 0 bridgehead atoms. The number of aromatic nitrogens is 1. The number of rotatable bonds is 2. The van der Waals surface area contributed by atoms with Gasteiger partial charge >= 0.3 is 0 Å². The summed E-state index contributed by atoms with van der Waals surface area (Å²) >= 11 is 1.47. The fourth-order valence-electron chi connectivity index (χ4n) is 1.37. The zero-order valence-corrected chi connectivity index (χ0v) is 8.58. The molecule has 0 saturated carbocycles. The number of aryl methyl sites for hydroxylation is 1. The number of fused-ring (bicyclic) bond motifs is 1. The van der Waals surface area contributed by atoms with Crippen LogP contribution in [0, 0.1) is 6.92 Å². The molecule has 0 aliphatic heterocycles. The van der Waals surface area contributed by atoms with Gasteiger partial charge in [0.25, 0.3) is 0 Å². The van der Waals surface area contributed by atoms with Gasteiger partial charge in [0.05, 0.1) is 11.3 Å². The molecule has 0 aliphatic rings. The van der Waals surface area contributed by atoms with Gasteiger partial charge in [0.15, 0.2) is 0 Å². The molecule has 0 amide bonds. The summed E-state index contributed by atoms with van der Waals surface area (Å²) in [6, 6.07) is 1.91. The van der Waals surface area contributed by atoms with Crippen molar-refractivity contribution >= 4 is 21.4 Å². The largest absolute Gasteiger partial charge is 0.393 e. The number of thiophene rings is 1. The highest BCUT2D eigenvalue weighted by atomic mass is 32.1. The van der Waals surface area contributed by atoms with Gasteiger partial charge in [-0.05, 0) is 23.9 Å². The molecule has 2 aromatic heterocycles. The smallest absolute Gasteiger partial charge is 0.111 e. The van der Waals surface area contributed by atoms with Crippen molar-refractivity contribution in [3.05, 3.63) is 28.9 Å². The van der Waals surface area contributed by atoms with Crippen LogP contribution < -0.4 is 0 Å². The lowest BCUT2D eigenvalue weighted by Crippen LogP contribution is -1.98. The molecule has 0 aliphatic carbocycles. The maximum Gasteiger partial charge on any atom is 0.111 e. The molecule has 1 unspecified atom stereocenters. The minimum atomic E-state index is -0.771. The summed E-state index contributed by atoms with van der Waals surface area (Å²) in [6.45, 7) is 1.75. The standard InChI is InChI=1S/C10H11NO2S/c1-6-3-11-4-10-7(6)2-9(14-10)8(13)5-12/h2-4,8,12-13H,5H2,1H3. The second-order valence-electron chi connectivity index (χ2n) is 3.22. The van der Waals surface area contributed by atoms with Crippen LogP contribution in [-0.2, 0) is 0 Å². The van der Waals surface area contributed by atoms with Crippen LogP contribution in [0.3, 0.4) is 0 Å². The number of pyridine rings is 1.